The van der Waals surface area contributed by atoms with Gasteiger partial charge in [0, 0.05) is 0 Å². The van der Waals surface area contributed by atoms with Gasteiger partial charge in [-0.3, -0.25) is 0 Å². The van der Waals surface area contributed by atoms with Crippen LogP contribution < -0.4 is 15.9 Å². The summed E-state index contributed by atoms with van der Waals surface area (Å²) < 4.78 is 0. The first-order valence-electron chi connectivity index (χ1n) is 9.92. The molecule has 0 aliphatic carbocycles. The Kier molecular flexibility index (Phi) is 5.23. The molecule has 1 heterocycles. The van der Waals surface area contributed by atoms with Crippen LogP contribution in [0, 0.1) is 0 Å². The first-order valence-corrected chi connectivity index (χ1v) is 13.9. The third kappa shape index (κ3) is 3.48. The Bertz CT molecular complexity index is 1300. The van der Waals surface area contributed by atoms with Gasteiger partial charge < -0.3 is 0 Å². The Hall–Kier alpha value is -2.76. The summed E-state index contributed by atoms with van der Waals surface area (Å²) in [6.45, 7) is 0. The number of benzene rings is 4. The molecule has 0 unspecified atom stereocenters. The summed E-state index contributed by atoms with van der Waals surface area (Å²) in [4.78, 5) is 4.62. The van der Waals surface area contributed by atoms with Crippen LogP contribution in [-0.2, 0) is 0 Å². The Morgan fingerprint density at radius 3 is 1.70 bits per heavy atom. The second-order valence-corrected chi connectivity index (χ2v) is 13.5. The summed E-state index contributed by atoms with van der Waals surface area (Å²) >= 11 is 3.62. The molecule has 3 heteroatoms. The molecule has 0 saturated heterocycles. The molecule has 0 aliphatic heterocycles. The maximum atomic E-state index is 4.62. The summed E-state index contributed by atoms with van der Waals surface area (Å²) in [6, 6.07) is 41.0. The number of hydrogen-bond acceptors (Lipinski definition) is 1. The number of hydrogen-bond donors (Lipinski definition) is 0. The minimum atomic E-state index is -1.82. The molecule has 4 aromatic carbocycles. The summed E-state index contributed by atoms with van der Waals surface area (Å²) in [5, 5.41) is 5.18. The first kappa shape index (κ1) is 19.2. The Morgan fingerprint density at radius 1 is 0.533 bits per heavy atom. The van der Waals surface area contributed by atoms with Crippen molar-refractivity contribution in [2.75, 3.05) is 0 Å². The van der Waals surface area contributed by atoms with Crippen LogP contribution in [0.5, 0.6) is 0 Å². The molecule has 0 atom stereocenters. The Balaban J connectivity index is 1.60. The quantitative estimate of drug-likeness (QED) is 0.258. The molecule has 0 aliphatic rings. The van der Waals surface area contributed by atoms with E-state index in [0.29, 0.717) is 0 Å². The van der Waals surface area contributed by atoms with Gasteiger partial charge in [-0.15, -0.1) is 0 Å². The zero-order chi connectivity index (χ0) is 20.4. The van der Waals surface area contributed by atoms with Crippen molar-refractivity contribution in [3.05, 3.63) is 121 Å². The molecule has 1 aromatic heterocycles. The first-order chi connectivity index (χ1) is 14.7. The zero-order valence-electron chi connectivity index (χ0n) is 16.3. The average Bonchev–Trinajstić information content (AvgIpc) is 2.84. The van der Waals surface area contributed by atoms with E-state index in [1.165, 1.54) is 26.9 Å². The van der Waals surface area contributed by atoms with Crippen molar-refractivity contribution in [1.29, 1.82) is 0 Å². The Morgan fingerprint density at radius 2 is 1.07 bits per heavy atom. The molecule has 144 valence electrons. The van der Waals surface area contributed by atoms with Crippen molar-refractivity contribution >= 4 is 47.4 Å². The number of pyridine rings is 1. The van der Waals surface area contributed by atoms with E-state index in [9.17, 15) is 0 Å². The van der Waals surface area contributed by atoms with Gasteiger partial charge in [0.15, 0.2) is 0 Å². The summed E-state index contributed by atoms with van der Waals surface area (Å²) in [6.07, 6.45) is 1.96. The molecule has 0 bridgehead atoms. The third-order valence-corrected chi connectivity index (χ3v) is 12.5. The molecule has 0 spiro atoms. The molecule has 0 saturated carbocycles. The van der Waals surface area contributed by atoms with Crippen molar-refractivity contribution in [2.24, 2.45) is 0 Å². The topological polar surface area (TPSA) is 12.9 Å². The van der Waals surface area contributed by atoms with Crippen LogP contribution in [-0.4, -0.2) is 20.1 Å². The van der Waals surface area contributed by atoms with Crippen molar-refractivity contribution in [2.45, 2.75) is 0 Å². The molecule has 0 fully saturated rings. The maximum absolute atomic E-state index is 4.62. The van der Waals surface area contributed by atoms with Crippen LogP contribution in [0.4, 0.5) is 0 Å². The summed E-state index contributed by atoms with van der Waals surface area (Å²) in [5.74, 6) is 0. The van der Waals surface area contributed by atoms with E-state index in [1.807, 2.05) is 18.3 Å². The fourth-order valence-electron chi connectivity index (χ4n) is 3.82. The number of aromatic nitrogens is 1. The second kappa shape index (κ2) is 8.17. The van der Waals surface area contributed by atoms with Crippen LogP contribution in [0.25, 0.3) is 22.0 Å². The Labute approximate surface area is 184 Å². The van der Waals surface area contributed by atoms with E-state index in [4.69, 9.17) is 0 Å². The normalized spacial score (nSPS) is 11.5. The van der Waals surface area contributed by atoms with Gasteiger partial charge in [0.1, 0.15) is 0 Å². The van der Waals surface area contributed by atoms with Crippen molar-refractivity contribution < 1.29 is 0 Å². The van der Waals surface area contributed by atoms with E-state index < -0.39 is 5.51 Å². The minimum absolute atomic E-state index is 1.03. The van der Waals surface area contributed by atoms with Crippen LogP contribution in [0.3, 0.4) is 0 Å². The second-order valence-electron chi connectivity index (χ2n) is 7.24. The van der Waals surface area contributed by atoms with Gasteiger partial charge >= 0.3 is 185 Å². The van der Waals surface area contributed by atoms with Crippen LogP contribution in [0.2, 0.25) is 0 Å². The monoisotopic (exact) mass is 469 g/mol. The van der Waals surface area contributed by atoms with E-state index in [-0.39, 0.29) is 0 Å². The van der Waals surface area contributed by atoms with Crippen molar-refractivity contribution in [1.82, 2.24) is 4.98 Å². The molecule has 5 rings (SSSR count). The summed E-state index contributed by atoms with van der Waals surface area (Å²) in [5.41, 5.74) is 1.54. The molecule has 5 aromatic rings. The van der Waals surface area contributed by atoms with Gasteiger partial charge in [0.25, 0.3) is 0 Å². The molecule has 30 heavy (non-hydrogen) atoms. The number of para-hydroxylation sites is 1. The summed E-state index contributed by atoms with van der Waals surface area (Å²) in [7, 11) is 0. The number of rotatable bonds is 4. The molecule has 0 N–H and O–H groups in total. The van der Waals surface area contributed by atoms with Crippen LogP contribution >= 0.6 is 5.51 Å². The molecule has 0 radical (unpaired) electrons. The predicted molar refractivity (Wildman–Crippen MR) is 132 cm³/mol. The number of nitrogens with zero attached hydrogens (tertiary/aromatic N) is 1. The van der Waals surface area contributed by atoms with Gasteiger partial charge in [-0.1, -0.05) is 0 Å². The van der Waals surface area contributed by atoms with E-state index >= 15 is 0 Å². The fraction of sp³-hybridized carbons (Fsp3) is 0. The number of fused-ring (bicyclic) bond motifs is 1. The standard InChI is InChI=1S/C27H20NPSe/c30-29(24-10-3-1-4-11-24,25-12-5-2-6-13-25)26-17-15-21(16-18-26)23-19-22-9-7-8-14-27(22)28-20-23/h1-20H. The molecular formula is C27H20NPSe. The third-order valence-electron chi connectivity index (χ3n) is 5.39. The molecule has 1 nitrogen and oxygen atoms in total. The van der Waals surface area contributed by atoms with Crippen molar-refractivity contribution in [3.8, 4) is 11.1 Å². The predicted octanol–water partition coefficient (Wildman–Crippen LogP) is 5.28. The van der Waals surface area contributed by atoms with Gasteiger partial charge in [-0.05, 0) is 0 Å². The average molecular weight is 468 g/mol. The van der Waals surface area contributed by atoms with Gasteiger partial charge in [0.05, 0.1) is 0 Å². The van der Waals surface area contributed by atoms with E-state index in [2.05, 4.69) is 123 Å². The van der Waals surface area contributed by atoms with Crippen LogP contribution in [0.15, 0.2) is 121 Å². The fourth-order valence-corrected chi connectivity index (χ4v) is 8.76. The molecular weight excluding hydrogens is 448 g/mol. The van der Waals surface area contributed by atoms with Gasteiger partial charge in [0.2, 0.25) is 0 Å². The molecule has 0 amide bonds. The van der Waals surface area contributed by atoms with E-state index in [1.54, 1.807) is 0 Å². The SMILES string of the molecule is [Se]=P(c1ccccc1)(c1ccccc1)c1ccc(-c2cnc3ccccc3c2)cc1. The van der Waals surface area contributed by atoms with Gasteiger partial charge in [-0.25, -0.2) is 0 Å². The van der Waals surface area contributed by atoms with Gasteiger partial charge in [-0.2, -0.15) is 0 Å². The van der Waals surface area contributed by atoms with Crippen molar-refractivity contribution in [3.63, 3.8) is 0 Å². The van der Waals surface area contributed by atoms with E-state index in [0.717, 1.165) is 11.1 Å². The van der Waals surface area contributed by atoms with Crippen LogP contribution in [0.1, 0.15) is 0 Å². The zero-order valence-corrected chi connectivity index (χ0v) is 19.0.